The molecule has 7 amide bonds. The summed E-state index contributed by atoms with van der Waals surface area (Å²) >= 11 is 1.26. The van der Waals surface area contributed by atoms with Gasteiger partial charge in [0.1, 0.15) is 36.3 Å². The fourth-order valence-corrected chi connectivity index (χ4v) is 8.30. The molecule has 1 aromatic carbocycles. The second-order valence-electron chi connectivity index (χ2n) is 18.0. The van der Waals surface area contributed by atoms with Crippen molar-refractivity contribution in [3.8, 4) is 0 Å². The van der Waals surface area contributed by atoms with E-state index < -0.39 is 114 Å². The smallest absolute Gasteiger partial charge is 0.327 e. The molecule has 1 heterocycles. The minimum Gasteiger partial charge on any atom is -0.480 e. The summed E-state index contributed by atoms with van der Waals surface area (Å²) in [4.78, 5) is 122. The number of hydrogen-bond donors (Lipinski definition) is 9. The van der Waals surface area contributed by atoms with Gasteiger partial charge in [-0.15, -0.1) is 0 Å². The van der Waals surface area contributed by atoms with Gasteiger partial charge >= 0.3 is 11.9 Å². The molecule has 1 fully saturated rings. The third-order valence-corrected chi connectivity index (χ3v) is 12.9. The molecule has 69 heavy (non-hydrogen) atoms. The molecule has 2 unspecified atom stereocenters. The topological polar surface area (TPSA) is 305 Å². The molecule has 0 radical (unpaired) electrons. The molecule has 1 aliphatic rings. The normalized spacial score (nSPS) is 26.9. The van der Waals surface area contributed by atoms with Crippen LogP contribution in [0, 0.1) is 23.7 Å². The summed E-state index contributed by atoms with van der Waals surface area (Å²) in [5, 5.41) is 35.6. The second-order valence-corrected chi connectivity index (χ2v) is 19.2. The first-order valence-corrected chi connectivity index (χ1v) is 24.3. The number of nitrogens with zero attached hydrogens (tertiary/aromatic N) is 1. The van der Waals surface area contributed by atoms with Gasteiger partial charge in [-0.2, -0.15) is 11.8 Å². The highest BCUT2D eigenvalue weighted by Gasteiger charge is 2.37. The number of hydrogen-bond acceptors (Lipinski definition) is 12. The van der Waals surface area contributed by atoms with Gasteiger partial charge in [0.15, 0.2) is 0 Å². The predicted octanol–water partition coefficient (Wildman–Crippen LogP) is 1.13. The molecule has 384 valence electrons. The van der Waals surface area contributed by atoms with E-state index in [-0.39, 0.29) is 43.1 Å². The van der Waals surface area contributed by atoms with E-state index in [1.807, 2.05) is 50.3 Å². The number of carboxylic acids is 2. The number of benzene rings is 1. The van der Waals surface area contributed by atoms with E-state index in [0.29, 0.717) is 12.2 Å². The van der Waals surface area contributed by atoms with Crippen molar-refractivity contribution < 1.29 is 58.1 Å². The summed E-state index contributed by atoms with van der Waals surface area (Å²) in [7, 11) is 2.97. The van der Waals surface area contributed by atoms with E-state index >= 15 is 0 Å². The molecule has 11 atom stereocenters. The maximum Gasteiger partial charge on any atom is 0.327 e. The molecule has 0 aliphatic carbocycles. The lowest BCUT2D eigenvalue weighted by Crippen LogP contribution is -2.59. The molecule has 0 aromatic heterocycles. The maximum absolute atomic E-state index is 13.9. The zero-order valence-electron chi connectivity index (χ0n) is 41.4. The van der Waals surface area contributed by atoms with Gasteiger partial charge in [0.05, 0.1) is 24.0 Å². The minimum absolute atomic E-state index is 0.0387. The largest absolute Gasteiger partial charge is 0.480 e. The number of carboxylic acid groups (broad SMARTS) is 2. The van der Waals surface area contributed by atoms with E-state index in [1.165, 1.54) is 46.5 Å². The van der Waals surface area contributed by atoms with Crippen molar-refractivity contribution in [3.05, 3.63) is 59.7 Å². The Hall–Kier alpha value is -5.80. The van der Waals surface area contributed by atoms with Gasteiger partial charge in [0, 0.05) is 44.5 Å². The zero-order chi connectivity index (χ0) is 52.1. The quantitative estimate of drug-likeness (QED) is 0.0880. The van der Waals surface area contributed by atoms with Crippen LogP contribution in [0.2, 0.25) is 0 Å². The highest BCUT2D eigenvalue weighted by Crippen LogP contribution is 2.19. The molecule has 10 N–H and O–H groups in total. The third-order valence-electron chi connectivity index (χ3n) is 11.8. The number of nitrogens with one attached hydrogen (secondary N) is 6. The van der Waals surface area contributed by atoms with E-state index in [2.05, 4.69) is 31.9 Å². The first-order valence-electron chi connectivity index (χ1n) is 23.2. The maximum atomic E-state index is 13.9. The SMILES string of the molecule is CO[C@@H](Cc1ccccc1)[C@@H](C)/C=C(C)/C=C/C1NC(=O)[C@H](C)NC(=O)[C@@H](C)[C@H](C(=O)O)NC(=O)[C@H](CC(C)C)NC(=O)[C@@H](C)NC(=O)C(CSCCN)N(C)C(=O)CC[C@H](C(=O)O)NC(=O)[C@H]1C. The van der Waals surface area contributed by atoms with Gasteiger partial charge in [-0.25, -0.2) is 9.59 Å². The Kier molecular flexibility index (Phi) is 25.2. The minimum atomic E-state index is -1.82. The summed E-state index contributed by atoms with van der Waals surface area (Å²) in [6.07, 6.45) is 4.87. The monoisotopic (exact) mass is 987 g/mol. The number of carbonyl (C=O) groups is 9. The average Bonchev–Trinajstić information content (AvgIpc) is 3.29. The van der Waals surface area contributed by atoms with Crippen molar-refractivity contribution in [2.24, 2.45) is 29.4 Å². The van der Waals surface area contributed by atoms with Crippen molar-refractivity contribution in [1.82, 2.24) is 36.8 Å². The Balaban J connectivity index is 2.64. The number of aliphatic carboxylic acids is 2. The van der Waals surface area contributed by atoms with Crippen LogP contribution in [0.25, 0.3) is 0 Å². The number of carbonyl (C=O) groups excluding carboxylic acids is 7. The van der Waals surface area contributed by atoms with Crippen molar-refractivity contribution >= 4 is 65.1 Å². The first-order chi connectivity index (χ1) is 32.4. The molecule has 0 saturated carbocycles. The zero-order valence-corrected chi connectivity index (χ0v) is 42.2. The summed E-state index contributed by atoms with van der Waals surface area (Å²) in [5.41, 5.74) is 7.49. The average molecular weight is 987 g/mol. The van der Waals surface area contributed by atoms with Crippen LogP contribution in [-0.2, 0) is 54.3 Å². The molecule has 1 aliphatic heterocycles. The Morgan fingerprint density at radius 2 is 1.41 bits per heavy atom. The molecule has 2 rings (SSSR count). The van der Waals surface area contributed by atoms with Crippen LogP contribution in [-0.4, -0.2) is 149 Å². The Bertz CT molecular complexity index is 2000. The summed E-state index contributed by atoms with van der Waals surface area (Å²) < 4.78 is 5.80. The Labute approximate surface area is 409 Å². The Morgan fingerprint density at radius 1 is 0.812 bits per heavy atom. The number of likely N-dealkylation sites (N-methyl/N-ethyl adjacent to an activating group) is 1. The highest BCUT2D eigenvalue weighted by molar-refractivity contribution is 7.99. The third kappa shape index (κ3) is 19.6. The van der Waals surface area contributed by atoms with Gasteiger partial charge in [-0.3, -0.25) is 33.6 Å². The van der Waals surface area contributed by atoms with Crippen LogP contribution in [0.3, 0.4) is 0 Å². The number of nitrogens with two attached hydrogens (primary N) is 1. The van der Waals surface area contributed by atoms with Crippen LogP contribution in [0.4, 0.5) is 0 Å². The first kappa shape index (κ1) is 59.3. The fourth-order valence-electron chi connectivity index (χ4n) is 7.37. The van der Waals surface area contributed by atoms with E-state index in [4.69, 9.17) is 10.5 Å². The number of amides is 7. The van der Waals surface area contributed by atoms with Crippen LogP contribution >= 0.6 is 11.8 Å². The van der Waals surface area contributed by atoms with Gasteiger partial charge in [0.2, 0.25) is 41.4 Å². The highest BCUT2D eigenvalue weighted by atomic mass is 32.2. The summed E-state index contributed by atoms with van der Waals surface area (Å²) in [6.45, 7) is 13.0. The lowest BCUT2D eigenvalue weighted by Gasteiger charge is -2.29. The van der Waals surface area contributed by atoms with Gasteiger partial charge < -0.3 is 57.5 Å². The van der Waals surface area contributed by atoms with E-state index in [0.717, 1.165) is 16.0 Å². The van der Waals surface area contributed by atoms with Crippen molar-refractivity contribution in [2.45, 2.75) is 129 Å². The van der Waals surface area contributed by atoms with Gasteiger partial charge in [0.25, 0.3) is 0 Å². The predicted molar refractivity (Wildman–Crippen MR) is 261 cm³/mol. The van der Waals surface area contributed by atoms with Crippen LogP contribution in [0.15, 0.2) is 54.1 Å². The van der Waals surface area contributed by atoms with Gasteiger partial charge in [-0.1, -0.05) is 88.8 Å². The second kappa shape index (κ2) is 29.3. The Morgan fingerprint density at radius 3 is 1.97 bits per heavy atom. The molecule has 0 bridgehead atoms. The van der Waals surface area contributed by atoms with Crippen molar-refractivity contribution in [1.29, 1.82) is 0 Å². The molecular formula is C48H74N8O12S. The molecular weight excluding hydrogens is 913 g/mol. The molecule has 1 saturated heterocycles. The molecule has 20 nitrogen and oxygen atoms in total. The number of methoxy groups -OCH3 is 1. The number of thioether (sulfide) groups is 1. The standard InChI is InChI=1S/C48H74N8O12S/c1-26(2)22-36-45(62)55-40(48(66)67)30(6)42(59)50-31(7)43(60)52-34(17-16-27(3)23-28(4)38(68-10)24-33-14-12-11-13-15-33)29(5)41(58)53-35(47(64)65)18-19-39(57)56(9)37(25-69-21-20-49)46(63)51-32(8)44(61)54-36/h11-17,23,26,28-32,34-38,40H,18-22,24-25,49H2,1-10H3,(H,50,59)(H,51,63)(H,52,60)(H,53,58)(H,54,61)(H,55,62)(H,64,65)(H,66,67)/b17-16+,27-23+/t28-,29-,30-,31-,32+,34?,35+,36-,37?,38-,40+/m0/s1. The lowest BCUT2D eigenvalue weighted by molar-refractivity contribution is -0.146. The van der Waals surface area contributed by atoms with Crippen LogP contribution in [0.5, 0.6) is 0 Å². The fraction of sp³-hybridized carbons (Fsp3) is 0.604. The van der Waals surface area contributed by atoms with E-state index in [1.54, 1.807) is 33.1 Å². The van der Waals surface area contributed by atoms with Crippen LogP contribution < -0.4 is 37.6 Å². The lowest BCUT2D eigenvalue weighted by atomic mass is 9.94. The van der Waals surface area contributed by atoms with E-state index in [9.17, 15) is 53.4 Å². The van der Waals surface area contributed by atoms with Crippen molar-refractivity contribution in [3.63, 3.8) is 0 Å². The number of allylic oxidation sites excluding steroid dienone is 2. The number of rotatable bonds is 15. The summed E-state index contributed by atoms with van der Waals surface area (Å²) in [5.74, 6) is -11.1. The number of ether oxygens (including phenoxy) is 1. The molecule has 0 spiro atoms. The molecule has 1 aromatic rings. The van der Waals surface area contributed by atoms with Crippen LogP contribution in [0.1, 0.15) is 80.2 Å². The van der Waals surface area contributed by atoms with Crippen molar-refractivity contribution in [2.75, 3.05) is 32.2 Å². The molecule has 21 heteroatoms. The summed E-state index contributed by atoms with van der Waals surface area (Å²) in [6, 6.07) is 0.231. The van der Waals surface area contributed by atoms with Gasteiger partial charge in [-0.05, 0) is 51.5 Å².